The van der Waals surface area contributed by atoms with Crippen LogP contribution in [0.2, 0.25) is 0 Å². The summed E-state index contributed by atoms with van der Waals surface area (Å²) in [4.78, 5) is 12.3. The molecule has 2 fully saturated rings. The lowest BCUT2D eigenvalue weighted by molar-refractivity contribution is -0.125. The molecule has 6 nitrogen and oxygen atoms in total. The number of hydrogen-bond acceptors (Lipinski definition) is 4. The highest BCUT2D eigenvalue weighted by Crippen LogP contribution is 2.22. The third kappa shape index (κ3) is 3.71. The minimum Gasteiger partial charge on any atom is -0.351 e. The van der Waals surface area contributed by atoms with Crippen LogP contribution in [0, 0.1) is 0 Å². The van der Waals surface area contributed by atoms with E-state index in [4.69, 9.17) is 0 Å². The van der Waals surface area contributed by atoms with Gasteiger partial charge in [-0.3, -0.25) is 4.79 Å². The summed E-state index contributed by atoms with van der Waals surface area (Å²) < 4.78 is 25.8. The van der Waals surface area contributed by atoms with E-state index in [1.165, 1.54) is 4.31 Å². The highest BCUT2D eigenvalue weighted by molar-refractivity contribution is 7.89. The first kappa shape index (κ1) is 15.7. The normalized spacial score (nSPS) is 28.4. The Bertz CT molecular complexity index is 432. The predicted molar refractivity (Wildman–Crippen MR) is 77.8 cm³/mol. The number of hydrogen-bond donors (Lipinski definition) is 2. The van der Waals surface area contributed by atoms with Gasteiger partial charge in [0.05, 0.1) is 5.75 Å². The maximum atomic E-state index is 12.3. The Morgan fingerprint density at radius 1 is 1.35 bits per heavy atom. The average molecular weight is 303 g/mol. The summed E-state index contributed by atoms with van der Waals surface area (Å²) in [6.07, 6.45) is 4.00. The summed E-state index contributed by atoms with van der Waals surface area (Å²) in [5, 5.41) is 6.24. The molecule has 0 saturated carbocycles. The second-order valence-corrected chi connectivity index (χ2v) is 7.68. The van der Waals surface area contributed by atoms with Gasteiger partial charge in [0.25, 0.3) is 0 Å². The Labute approximate surface area is 121 Å². The van der Waals surface area contributed by atoms with Gasteiger partial charge in [-0.15, -0.1) is 0 Å². The molecule has 116 valence electrons. The zero-order valence-electron chi connectivity index (χ0n) is 12.1. The van der Waals surface area contributed by atoms with Gasteiger partial charge in [0.2, 0.25) is 15.9 Å². The summed E-state index contributed by atoms with van der Waals surface area (Å²) in [6, 6.07) is -0.374. The van der Waals surface area contributed by atoms with Crippen LogP contribution in [-0.2, 0) is 14.8 Å². The van der Waals surface area contributed by atoms with Crippen molar-refractivity contribution in [3.8, 4) is 0 Å². The molecule has 0 radical (unpaired) electrons. The lowest BCUT2D eigenvalue weighted by atomic mass is 10.1. The van der Waals surface area contributed by atoms with Crippen LogP contribution in [0.5, 0.6) is 0 Å². The van der Waals surface area contributed by atoms with E-state index in [1.54, 1.807) is 0 Å². The zero-order valence-corrected chi connectivity index (χ0v) is 12.9. The first-order chi connectivity index (χ1) is 9.54. The molecule has 20 heavy (non-hydrogen) atoms. The molecule has 7 heteroatoms. The molecule has 2 unspecified atom stereocenters. The van der Waals surface area contributed by atoms with Gasteiger partial charge in [-0.05, 0) is 38.6 Å². The van der Waals surface area contributed by atoms with E-state index in [-0.39, 0.29) is 17.7 Å². The lowest BCUT2D eigenvalue weighted by Gasteiger charge is -2.28. The van der Waals surface area contributed by atoms with Gasteiger partial charge in [-0.2, -0.15) is 4.31 Å². The Hall–Kier alpha value is -0.660. The van der Waals surface area contributed by atoms with Gasteiger partial charge in [0.1, 0.15) is 6.04 Å². The predicted octanol–water partition coefficient (Wildman–Crippen LogP) is 0.0588. The van der Waals surface area contributed by atoms with E-state index in [2.05, 4.69) is 10.6 Å². The molecule has 0 spiro atoms. The summed E-state index contributed by atoms with van der Waals surface area (Å²) in [5.74, 6) is -0.00207. The molecule has 2 N–H and O–H groups in total. The molecule has 2 atom stereocenters. The van der Waals surface area contributed by atoms with Gasteiger partial charge in [0, 0.05) is 19.1 Å². The van der Waals surface area contributed by atoms with Crippen molar-refractivity contribution >= 4 is 15.9 Å². The van der Waals surface area contributed by atoms with Gasteiger partial charge < -0.3 is 10.6 Å². The van der Waals surface area contributed by atoms with E-state index in [0.717, 1.165) is 32.4 Å². The van der Waals surface area contributed by atoms with Crippen LogP contribution in [0.1, 0.15) is 39.0 Å². The van der Waals surface area contributed by atoms with Crippen molar-refractivity contribution in [1.29, 1.82) is 0 Å². The summed E-state index contributed by atoms with van der Waals surface area (Å²) >= 11 is 0. The van der Waals surface area contributed by atoms with Gasteiger partial charge in [-0.1, -0.05) is 6.92 Å². The maximum Gasteiger partial charge on any atom is 0.238 e. The molecule has 1 amide bonds. The Morgan fingerprint density at radius 2 is 2.15 bits per heavy atom. The minimum absolute atomic E-state index is 0.127. The molecule has 2 rings (SSSR count). The molecule has 0 aromatic heterocycles. The molecular formula is C13H25N3O3S. The highest BCUT2D eigenvalue weighted by Gasteiger charge is 2.38. The Kier molecular flexibility index (Phi) is 5.40. The fourth-order valence-corrected chi connectivity index (χ4v) is 4.73. The average Bonchev–Trinajstić information content (AvgIpc) is 2.90. The first-order valence-corrected chi connectivity index (χ1v) is 9.16. The molecule has 0 bridgehead atoms. The Balaban J connectivity index is 1.97. The van der Waals surface area contributed by atoms with Crippen molar-refractivity contribution in [3.63, 3.8) is 0 Å². The smallest absolute Gasteiger partial charge is 0.238 e. The maximum absolute atomic E-state index is 12.3. The van der Waals surface area contributed by atoms with Crippen molar-refractivity contribution in [2.24, 2.45) is 0 Å². The van der Waals surface area contributed by atoms with Crippen LogP contribution in [0.3, 0.4) is 0 Å². The fraction of sp³-hybridized carbons (Fsp3) is 0.923. The van der Waals surface area contributed by atoms with Gasteiger partial charge in [-0.25, -0.2) is 8.42 Å². The SMILES string of the molecule is CCCS(=O)(=O)N1CCCC1C(=O)NC1CCCNC1. The number of nitrogens with one attached hydrogen (secondary N) is 2. The molecule has 2 heterocycles. The van der Waals surface area contributed by atoms with E-state index >= 15 is 0 Å². The fourth-order valence-electron chi connectivity index (χ4n) is 2.98. The van der Waals surface area contributed by atoms with E-state index in [9.17, 15) is 13.2 Å². The standard InChI is InChI=1S/C13H25N3O3S/c1-2-9-20(18,19)16-8-4-6-12(16)13(17)15-11-5-3-7-14-10-11/h11-12,14H,2-10H2,1H3,(H,15,17). The molecular weight excluding hydrogens is 278 g/mol. The number of carbonyl (C=O) groups is 1. The number of nitrogens with zero attached hydrogens (tertiary/aromatic N) is 1. The number of rotatable bonds is 5. The van der Waals surface area contributed by atoms with Crippen molar-refractivity contribution in [2.45, 2.75) is 51.1 Å². The highest BCUT2D eigenvalue weighted by atomic mass is 32.2. The van der Waals surface area contributed by atoms with E-state index in [1.807, 2.05) is 6.92 Å². The van der Waals surface area contributed by atoms with Crippen molar-refractivity contribution in [2.75, 3.05) is 25.4 Å². The monoisotopic (exact) mass is 303 g/mol. The van der Waals surface area contributed by atoms with E-state index in [0.29, 0.717) is 19.4 Å². The number of piperidine rings is 1. The van der Waals surface area contributed by atoms with Crippen molar-refractivity contribution < 1.29 is 13.2 Å². The van der Waals surface area contributed by atoms with Crippen LogP contribution >= 0.6 is 0 Å². The molecule has 0 aromatic carbocycles. The zero-order chi connectivity index (χ0) is 14.6. The summed E-state index contributed by atoms with van der Waals surface area (Å²) in [7, 11) is -3.29. The van der Waals surface area contributed by atoms with Gasteiger partial charge >= 0.3 is 0 Å². The van der Waals surface area contributed by atoms with Crippen LogP contribution in [-0.4, -0.2) is 56.1 Å². The molecule has 2 aliphatic rings. The van der Waals surface area contributed by atoms with Crippen LogP contribution < -0.4 is 10.6 Å². The quantitative estimate of drug-likeness (QED) is 0.753. The molecule has 0 aliphatic carbocycles. The second-order valence-electron chi connectivity index (χ2n) is 5.64. The number of carbonyl (C=O) groups excluding carboxylic acids is 1. The van der Waals surface area contributed by atoms with Crippen molar-refractivity contribution in [1.82, 2.24) is 14.9 Å². The summed E-state index contributed by atoms with van der Waals surface area (Å²) in [5.41, 5.74) is 0. The first-order valence-electron chi connectivity index (χ1n) is 7.55. The van der Waals surface area contributed by atoms with Crippen LogP contribution in [0.15, 0.2) is 0 Å². The number of amides is 1. The topological polar surface area (TPSA) is 78.5 Å². The minimum atomic E-state index is -3.29. The molecule has 0 aromatic rings. The number of sulfonamides is 1. The molecule has 2 saturated heterocycles. The second kappa shape index (κ2) is 6.87. The van der Waals surface area contributed by atoms with Gasteiger partial charge in [0.15, 0.2) is 0 Å². The largest absolute Gasteiger partial charge is 0.351 e. The van der Waals surface area contributed by atoms with E-state index < -0.39 is 16.1 Å². The summed E-state index contributed by atoms with van der Waals surface area (Å²) in [6.45, 7) is 4.09. The van der Waals surface area contributed by atoms with Crippen LogP contribution in [0.4, 0.5) is 0 Å². The third-order valence-electron chi connectivity index (χ3n) is 3.97. The lowest BCUT2D eigenvalue weighted by Crippen LogP contribution is -2.52. The Morgan fingerprint density at radius 3 is 2.80 bits per heavy atom. The van der Waals surface area contributed by atoms with Crippen molar-refractivity contribution in [3.05, 3.63) is 0 Å². The third-order valence-corrected chi connectivity index (χ3v) is 6.04. The molecule has 2 aliphatic heterocycles. The van der Waals surface area contributed by atoms with Crippen LogP contribution in [0.25, 0.3) is 0 Å².